The predicted octanol–water partition coefficient (Wildman–Crippen LogP) is 4.41. The lowest BCUT2D eigenvalue weighted by atomic mass is 10.1. The van der Waals surface area contributed by atoms with Gasteiger partial charge in [-0.15, -0.1) is 11.3 Å². The highest BCUT2D eigenvalue weighted by Gasteiger charge is 2.14. The molecule has 0 saturated heterocycles. The number of thiophene rings is 1. The summed E-state index contributed by atoms with van der Waals surface area (Å²) in [5.74, 6) is -0.692. The molecule has 26 heavy (non-hydrogen) atoms. The van der Waals surface area contributed by atoms with Crippen molar-refractivity contribution in [3.8, 4) is 0 Å². The minimum atomic E-state index is -0.308. The quantitative estimate of drug-likeness (QED) is 0.725. The fourth-order valence-electron chi connectivity index (χ4n) is 2.49. The van der Waals surface area contributed by atoms with Crippen LogP contribution in [0.15, 0.2) is 66.0 Å². The van der Waals surface area contributed by atoms with Crippen molar-refractivity contribution in [2.75, 3.05) is 12.4 Å². The molecule has 0 bridgehead atoms. The van der Waals surface area contributed by atoms with Crippen LogP contribution < -0.4 is 5.32 Å². The molecule has 6 heteroatoms. The molecule has 4 nitrogen and oxygen atoms in total. The normalized spacial score (nSPS) is 10.4. The molecule has 132 valence electrons. The zero-order valence-electron chi connectivity index (χ0n) is 14.1. The number of carbonyl (C=O) groups excluding carboxylic acids is 2. The van der Waals surface area contributed by atoms with Gasteiger partial charge in [-0.3, -0.25) is 9.59 Å². The van der Waals surface area contributed by atoms with Gasteiger partial charge in [-0.25, -0.2) is 4.39 Å². The Hall–Kier alpha value is -2.99. The van der Waals surface area contributed by atoms with Crippen molar-refractivity contribution in [2.24, 2.45) is 0 Å². The van der Waals surface area contributed by atoms with Crippen molar-refractivity contribution >= 4 is 28.8 Å². The van der Waals surface area contributed by atoms with Crippen molar-refractivity contribution in [3.05, 3.63) is 87.9 Å². The molecule has 0 atom stereocenters. The monoisotopic (exact) mass is 368 g/mol. The molecule has 0 unspecified atom stereocenters. The largest absolute Gasteiger partial charge is 0.337 e. The van der Waals surface area contributed by atoms with Gasteiger partial charge in [-0.1, -0.05) is 24.3 Å². The van der Waals surface area contributed by atoms with Crippen LogP contribution in [0.4, 0.5) is 10.1 Å². The van der Waals surface area contributed by atoms with Crippen LogP contribution in [-0.2, 0) is 6.54 Å². The van der Waals surface area contributed by atoms with Gasteiger partial charge in [0.15, 0.2) is 0 Å². The summed E-state index contributed by atoms with van der Waals surface area (Å²) in [5, 5.41) is 4.63. The minimum Gasteiger partial charge on any atom is -0.337 e. The molecule has 1 N–H and O–H groups in total. The number of halogens is 1. The van der Waals surface area contributed by atoms with E-state index < -0.39 is 0 Å². The molecule has 3 aromatic rings. The Morgan fingerprint density at radius 2 is 1.85 bits per heavy atom. The highest BCUT2D eigenvalue weighted by molar-refractivity contribution is 7.12. The van der Waals surface area contributed by atoms with Crippen LogP contribution >= 0.6 is 11.3 Å². The number of rotatable bonds is 5. The van der Waals surface area contributed by atoms with Crippen molar-refractivity contribution < 1.29 is 14.0 Å². The van der Waals surface area contributed by atoms with Crippen molar-refractivity contribution in [1.29, 1.82) is 0 Å². The smallest absolute Gasteiger partial charge is 0.265 e. The van der Waals surface area contributed by atoms with Crippen LogP contribution in [0.25, 0.3) is 0 Å². The number of anilines is 1. The zero-order valence-corrected chi connectivity index (χ0v) is 14.9. The molecule has 0 saturated carbocycles. The third kappa shape index (κ3) is 4.34. The van der Waals surface area contributed by atoms with Gasteiger partial charge < -0.3 is 10.2 Å². The second kappa shape index (κ2) is 7.93. The summed E-state index contributed by atoms with van der Waals surface area (Å²) >= 11 is 1.35. The van der Waals surface area contributed by atoms with E-state index in [0.29, 0.717) is 22.7 Å². The Morgan fingerprint density at radius 1 is 1.08 bits per heavy atom. The first-order valence-electron chi connectivity index (χ1n) is 7.98. The molecule has 0 fully saturated rings. The fraction of sp³-hybridized carbons (Fsp3) is 0.100. The van der Waals surface area contributed by atoms with Gasteiger partial charge in [0.2, 0.25) is 0 Å². The van der Waals surface area contributed by atoms with Crippen LogP contribution in [0.2, 0.25) is 0 Å². The highest BCUT2D eigenvalue weighted by Crippen LogP contribution is 2.16. The molecule has 2 amide bonds. The summed E-state index contributed by atoms with van der Waals surface area (Å²) in [6, 6.07) is 16.4. The number of carbonyl (C=O) groups is 2. The number of nitrogens with zero attached hydrogens (tertiary/aromatic N) is 1. The molecule has 0 radical (unpaired) electrons. The molecular weight excluding hydrogens is 351 g/mol. The molecule has 0 aliphatic rings. The summed E-state index contributed by atoms with van der Waals surface area (Å²) in [6.45, 7) is 0.366. The van der Waals surface area contributed by atoms with E-state index in [1.54, 1.807) is 54.4 Å². The maximum absolute atomic E-state index is 13.0. The van der Waals surface area contributed by atoms with E-state index >= 15 is 0 Å². The van der Waals surface area contributed by atoms with Gasteiger partial charge in [0, 0.05) is 24.8 Å². The molecule has 0 spiro atoms. The van der Waals surface area contributed by atoms with E-state index in [9.17, 15) is 14.0 Å². The van der Waals surface area contributed by atoms with Crippen LogP contribution in [0.5, 0.6) is 0 Å². The molecule has 1 heterocycles. The summed E-state index contributed by atoms with van der Waals surface area (Å²) in [4.78, 5) is 26.9. The van der Waals surface area contributed by atoms with E-state index in [0.717, 1.165) is 5.56 Å². The van der Waals surface area contributed by atoms with Crippen LogP contribution in [0.3, 0.4) is 0 Å². The van der Waals surface area contributed by atoms with Gasteiger partial charge >= 0.3 is 0 Å². The standard InChI is InChI=1S/C20H17FN2O2S/c1-23(13-14-7-9-16(21)10-8-14)20(25)15-4-2-5-17(12-15)22-19(24)18-6-3-11-26-18/h2-12H,13H2,1H3,(H,22,24). The number of amides is 2. The van der Waals surface area contributed by atoms with E-state index in [2.05, 4.69) is 5.32 Å². The Kier molecular flexibility index (Phi) is 5.43. The van der Waals surface area contributed by atoms with Crippen molar-refractivity contribution in [3.63, 3.8) is 0 Å². The molecule has 1 aromatic heterocycles. The number of hydrogen-bond acceptors (Lipinski definition) is 3. The maximum atomic E-state index is 13.0. The first kappa shape index (κ1) is 17.8. The minimum absolute atomic E-state index is 0.179. The highest BCUT2D eigenvalue weighted by atomic mass is 32.1. The van der Waals surface area contributed by atoms with E-state index in [1.165, 1.54) is 23.5 Å². The average Bonchev–Trinajstić information content (AvgIpc) is 3.18. The summed E-state index contributed by atoms with van der Waals surface area (Å²) in [7, 11) is 1.68. The third-order valence-corrected chi connectivity index (χ3v) is 4.66. The average molecular weight is 368 g/mol. The summed E-state index contributed by atoms with van der Waals surface area (Å²) in [5.41, 5.74) is 1.87. The number of nitrogens with one attached hydrogen (secondary N) is 1. The lowest BCUT2D eigenvalue weighted by Crippen LogP contribution is -2.26. The van der Waals surface area contributed by atoms with Crippen molar-refractivity contribution in [1.82, 2.24) is 4.90 Å². The third-order valence-electron chi connectivity index (χ3n) is 3.79. The van der Waals surface area contributed by atoms with Crippen LogP contribution in [0.1, 0.15) is 25.6 Å². The SMILES string of the molecule is CN(Cc1ccc(F)cc1)C(=O)c1cccc(NC(=O)c2cccs2)c1. The van der Waals surface area contributed by atoms with Crippen molar-refractivity contribution in [2.45, 2.75) is 6.54 Å². The lowest BCUT2D eigenvalue weighted by molar-refractivity contribution is 0.0784. The van der Waals surface area contributed by atoms with Crippen LogP contribution in [-0.4, -0.2) is 23.8 Å². The predicted molar refractivity (Wildman–Crippen MR) is 101 cm³/mol. The maximum Gasteiger partial charge on any atom is 0.265 e. The van der Waals surface area contributed by atoms with E-state index in [1.807, 2.05) is 11.4 Å². The topological polar surface area (TPSA) is 49.4 Å². The van der Waals surface area contributed by atoms with E-state index in [-0.39, 0.29) is 17.6 Å². The van der Waals surface area contributed by atoms with Gasteiger partial charge in [0.05, 0.1) is 4.88 Å². The second-order valence-electron chi connectivity index (χ2n) is 5.80. The van der Waals surface area contributed by atoms with Gasteiger partial charge in [-0.2, -0.15) is 0 Å². The lowest BCUT2D eigenvalue weighted by Gasteiger charge is -2.18. The Bertz CT molecular complexity index is 908. The Labute approximate surface area is 154 Å². The summed E-state index contributed by atoms with van der Waals surface area (Å²) in [6.07, 6.45) is 0. The zero-order chi connectivity index (χ0) is 18.5. The second-order valence-corrected chi connectivity index (χ2v) is 6.75. The molecule has 3 rings (SSSR count). The van der Waals surface area contributed by atoms with E-state index in [4.69, 9.17) is 0 Å². The van der Waals surface area contributed by atoms with Gasteiger partial charge in [-0.05, 0) is 47.3 Å². The van der Waals surface area contributed by atoms with Gasteiger partial charge in [0.25, 0.3) is 11.8 Å². The summed E-state index contributed by atoms with van der Waals surface area (Å²) < 4.78 is 13.0. The first-order valence-corrected chi connectivity index (χ1v) is 8.86. The fourth-order valence-corrected chi connectivity index (χ4v) is 3.11. The Morgan fingerprint density at radius 3 is 2.54 bits per heavy atom. The molecular formula is C20H17FN2O2S. The number of benzene rings is 2. The first-order chi connectivity index (χ1) is 12.5. The Balaban J connectivity index is 1.69. The van der Waals surface area contributed by atoms with Crippen LogP contribution in [0, 0.1) is 5.82 Å². The molecule has 0 aliphatic heterocycles. The number of hydrogen-bond donors (Lipinski definition) is 1. The van der Waals surface area contributed by atoms with Gasteiger partial charge in [0.1, 0.15) is 5.82 Å². The molecule has 2 aromatic carbocycles. The molecule has 0 aliphatic carbocycles.